The number of hydrogen-bond donors (Lipinski definition) is 6. The summed E-state index contributed by atoms with van der Waals surface area (Å²) in [4.78, 5) is 25.9. The second-order valence-corrected chi connectivity index (χ2v) is 24.0. The normalized spacial score (nSPS) is 31.0. The Balaban J connectivity index is 0.000000230. The molecule has 2 aromatic rings. The van der Waals surface area contributed by atoms with E-state index in [-0.39, 0.29) is 35.2 Å². The molecule has 5 fully saturated rings. The largest absolute Gasteiger partial charge is 0.481 e. The molecule has 5 saturated carbocycles. The molecule has 4 bridgehead atoms. The molecule has 0 saturated heterocycles. The third-order valence-corrected chi connectivity index (χ3v) is 19.2. The summed E-state index contributed by atoms with van der Waals surface area (Å²) in [6.45, 7) is 12.0. The Labute approximate surface area is 381 Å². The number of aliphatic carboxylic acids is 2. The van der Waals surface area contributed by atoms with Gasteiger partial charge in [0.25, 0.3) is 0 Å². The van der Waals surface area contributed by atoms with Crippen molar-refractivity contribution in [3.05, 3.63) is 66.0 Å². The van der Waals surface area contributed by atoms with Gasteiger partial charge >= 0.3 is 11.9 Å². The molecule has 6 unspecified atom stereocenters. The topological polar surface area (TPSA) is 233 Å². The fourth-order valence-electron chi connectivity index (χ4n) is 11.7. The van der Waals surface area contributed by atoms with Crippen LogP contribution in [0.15, 0.2) is 54.7 Å². The first-order valence-electron chi connectivity index (χ1n) is 22.9. The Morgan fingerprint density at radius 1 is 0.750 bits per heavy atom. The first-order chi connectivity index (χ1) is 29.8. The third kappa shape index (κ3) is 11.4. The van der Waals surface area contributed by atoms with Crippen molar-refractivity contribution in [2.75, 3.05) is 38.8 Å². The maximum atomic E-state index is 13.5. The molecule has 1 aromatic carbocycles. The van der Waals surface area contributed by atoms with Gasteiger partial charge in [0.1, 0.15) is 5.60 Å². The molecule has 15 nitrogen and oxygen atoms in total. The van der Waals surface area contributed by atoms with E-state index in [1.54, 1.807) is 0 Å². The van der Waals surface area contributed by atoms with Crippen molar-refractivity contribution in [1.82, 2.24) is 19.3 Å². The Morgan fingerprint density at radius 3 is 1.56 bits per heavy atom. The number of benzene rings is 1. The van der Waals surface area contributed by atoms with Gasteiger partial charge in [-0.3, -0.25) is 14.6 Å². The van der Waals surface area contributed by atoms with Crippen LogP contribution in [-0.2, 0) is 40.0 Å². The van der Waals surface area contributed by atoms with Gasteiger partial charge < -0.3 is 30.1 Å². The summed E-state index contributed by atoms with van der Waals surface area (Å²) in [5.41, 5.74) is -0.268. The van der Waals surface area contributed by atoms with Crippen LogP contribution in [0.1, 0.15) is 123 Å². The monoisotopic (exact) mass is 934 g/mol. The van der Waals surface area contributed by atoms with E-state index >= 15 is 0 Å². The number of nitrogens with one attached hydrogen (secondary N) is 2. The van der Waals surface area contributed by atoms with Gasteiger partial charge in [-0.2, -0.15) is 0 Å². The molecular formula is C47H74N4O11S2. The van der Waals surface area contributed by atoms with Gasteiger partial charge in [-0.1, -0.05) is 76.9 Å². The molecular weight excluding hydrogens is 861 g/mol. The predicted octanol–water partition coefficient (Wildman–Crippen LogP) is 5.37. The number of hydrogen-bond acceptors (Lipinski definition) is 11. The molecule has 1 aromatic heterocycles. The molecule has 360 valence electrons. The van der Waals surface area contributed by atoms with Crippen molar-refractivity contribution < 1.29 is 51.6 Å². The maximum absolute atomic E-state index is 13.5. The number of carboxylic acids is 2. The van der Waals surface area contributed by atoms with Crippen LogP contribution in [-0.4, -0.2) is 122 Å². The van der Waals surface area contributed by atoms with E-state index in [0.29, 0.717) is 57.0 Å². The zero-order valence-corrected chi connectivity index (χ0v) is 40.5. The minimum atomic E-state index is -3.75. The number of carboxylic acid groups (broad SMARTS) is 2. The summed E-state index contributed by atoms with van der Waals surface area (Å²) in [5.74, 6) is -1.72. The summed E-state index contributed by atoms with van der Waals surface area (Å²) >= 11 is 0. The van der Waals surface area contributed by atoms with Gasteiger partial charge in [0.15, 0.2) is 0 Å². The van der Waals surface area contributed by atoms with Crippen LogP contribution >= 0.6 is 0 Å². The summed E-state index contributed by atoms with van der Waals surface area (Å²) in [6, 6.07) is 15.2. The quantitative estimate of drug-likeness (QED) is 0.117. The number of fused-ring (bicyclic) bond motifs is 4. The molecule has 5 aliphatic rings. The van der Waals surface area contributed by atoms with Crippen LogP contribution in [0.2, 0.25) is 0 Å². The number of aliphatic hydroxyl groups excluding tert-OH is 2. The first kappa shape index (κ1) is 51.9. The van der Waals surface area contributed by atoms with E-state index in [1.165, 1.54) is 0 Å². The summed E-state index contributed by atoms with van der Waals surface area (Å²) in [5, 5.41) is 37.4. The first-order valence-corrected chi connectivity index (χ1v) is 26.2. The number of ether oxygens (including phenoxy) is 1. The number of pyridine rings is 1. The summed E-state index contributed by atoms with van der Waals surface area (Å²) in [6.07, 6.45) is 7.39. The van der Waals surface area contributed by atoms with Crippen molar-refractivity contribution in [3.8, 4) is 0 Å². The second-order valence-electron chi connectivity index (χ2n) is 20.5. The zero-order chi connectivity index (χ0) is 47.4. The average molecular weight is 935 g/mol. The lowest BCUT2D eigenvalue weighted by Gasteiger charge is -2.42. The van der Waals surface area contributed by atoms with E-state index in [0.717, 1.165) is 43.5 Å². The lowest BCUT2D eigenvalue weighted by atomic mass is 9.70. The number of sulfonamides is 2. The highest BCUT2D eigenvalue weighted by atomic mass is 32.2. The predicted molar refractivity (Wildman–Crippen MR) is 245 cm³/mol. The smallest absolute Gasteiger partial charge is 0.303 e. The highest BCUT2D eigenvalue weighted by Crippen LogP contribution is 2.67. The summed E-state index contributed by atoms with van der Waals surface area (Å²) < 4.78 is 65.8. The van der Waals surface area contributed by atoms with E-state index in [1.807, 2.05) is 56.7 Å². The van der Waals surface area contributed by atoms with E-state index < -0.39 is 72.7 Å². The van der Waals surface area contributed by atoms with Crippen molar-refractivity contribution >= 4 is 32.0 Å². The average Bonchev–Trinajstić information content (AvgIpc) is 3.74. The number of nitrogens with zero attached hydrogens (tertiary/aromatic N) is 2. The number of rotatable bonds is 17. The Hall–Kier alpha value is -3.03. The van der Waals surface area contributed by atoms with Crippen LogP contribution in [0.3, 0.4) is 0 Å². The number of carbonyl (C=O) groups is 2. The Morgan fingerprint density at radius 2 is 1.20 bits per heavy atom. The van der Waals surface area contributed by atoms with Crippen molar-refractivity contribution in [3.63, 3.8) is 0 Å². The van der Waals surface area contributed by atoms with Crippen LogP contribution in [0, 0.1) is 33.5 Å². The van der Waals surface area contributed by atoms with Crippen LogP contribution in [0.25, 0.3) is 0 Å². The SMILES string of the molecule is CC1(C)C2CCC1(CS(=O)(=O)N[C@@H]1CCCC[C@H]1NS(=O)(=O)CC13CCC(CC1O)C3(C)C)C(O)C2.CN(C)CCO[C@@](C)(c1ccccc1)c1ccccn1.O=C(O)CCC(=O)O. The molecule has 5 aliphatic carbocycles. The van der Waals surface area contributed by atoms with Gasteiger partial charge in [0.05, 0.1) is 48.9 Å². The Bertz CT molecular complexity index is 1970. The van der Waals surface area contributed by atoms with Crippen LogP contribution < -0.4 is 9.44 Å². The fourth-order valence-corrected chi connectivity index (χ4v) is 16.2. The maximum Gasteiger partial charge on any atom is 0.303 e. The standard InChI is InChI=1S/C26H46N2O6S2.C17H22N2O.C4H6O4/c1-23(2)17-9-11-25(23,21(29)13-17)15-35(31,32)27-19-7-5-6-8-20(19)28-36(33,34)16-26-12-10-18(14-22(26)30)24(26,3)4;1-17(20-14-13-19(2)3,15-9-5-4-6-10-15)16-11-7-8-12-18-16;5-3(6)1-2-4(7)8/h17-22,27-30H,5-16H2,1-4H3;4-12H,13-14H2,1-3H3;1-2H2,(H,5,6)(H,7,8)/t17?,18?,19-,20-,21?,22?,25?,26?;17-;/m10./s1. The minimum Gasteiger partial charge on any atom is -0.481 e. The van der Waals surface area contributed by atoms with Crippen LogP contribution in [0.4, 0.5) is 0 Å². The van der Waals surface area contributed by atoms with Gasteiger partial charge in [-0.15, -0.1) is 0 Å². The molecule has 64 heavy (non-hydrogen) atoms. The van der Waals surface area contributed by atoms with Gasteiger partial charge in [0, 0.05) is 35.7 Å². The fraction of sp³-hybridized carbons (Fsp3) is 0.723. The van der Waals surface area contributed by atoms with E-state index in [4.69, 9.17) is 14.9 Å². The highest BCUT2D eigenvalue weighted by molar-refractivity contribution is 7.89. The molecule has 1 heterocycles. The van der Waals surface area contributed by atoms with Crippen molar-refractivity contribution in [2.45, 2.75) is 142 Å². The van der Waals surface area contributed by atoms with Crippen molar-refractivity contribution in [2.24, 2.45) is 33.5 Å². The Kier molecular flexibility index (Phi) is 16.6. The molecule has 17 heteroatoms. The molecule has 0 radical (unpaired) electrons. The van der Waals surface area contributed by atoms with Crippen molar-refractivity contribution in [1.29, 1.82) is 0 Å². The molecule has 0 spiro atoms. The van der Waals surface area contributed by atoms with E-state index in [9.17, 15) is 36.6 Å². The molecule has 0 aliphatic heterocycles. The van der Waals surface area contributed by atoms with Gasteiger partial charge in [-0.05, 0) is 113 Å². The number of likely N-dealkylation sites (N-methyl/N-ethyl adjacent to an activating group) is 1. The number of aliphatic hydroxyl groups is 2. The van der Waals surface area contributed by atoms with E-state index in [2.05, 4.69) is 66.1 Å². The van der Waals surface area contributed by atoms with Gasteiger partial charge in [0.2, 0.25) is 20.0 Å². The summed E-state index contributed by atoms with van der Waals surface area (Å²) in [7, 11) is -3.40. The lowest BCUT2D eigenvalue weighted by Crippen LogP contribution is -2.57. The lowest BCUT2D eigenvalue weighted by molar-refractivity contribution is -0.143. The van der Waals surface area contributed by atoms with Gasteiger partial charge in [-0.25, -0.2) is 26.3 Å². The molecule has 7 rings (SSSR count). The molecule has 6 N–H and O–H groups in total. The number of aromatic nitrogens is 1. The molecule has 9 atom stereocenters. The minimum absolute atomic E-state index is 0.120. The van der Waals surface area contributed by atoms with Crippen LogP contribution in [0.5, 0.6) is 0 Å². The highest BCUT2D eigenvalue weighted by Gasteiger charge is 2.66. The third-order valence-electron chi connectivity index (χ3n) is 16.1. The molecule has 0 amide bonds. The zero-order valence-electron chi connectivity index (χ0n) is 38.8. The second kappa shape index (κ2) is 20.5.